The molecule has 0 aromatic carbocycles. The molecule has 0 aliphatic carbocycles. The summed E-state index contributed by atoms with van der Waals surface area (Å²) in [5.41, 5.74) is 0.871. The SMILES string of the molecule is Cc1cccc(NC(=O)N/C=C/C(C)C)n1. The predicted molar refractivity (Wildman–Crippen MR) is 65.1 cm³/mol. The molecule has 0 fully saturated rings. The van der Waals surface area contributed by atoms with Crippen LogP contribution in [0.25, 0.3) is 0 Å². The second-order valence-corrected chi connectivity index (χ2v) is 3.87. The van der Waals surface area contributed by atoms with Crippen LogP contribution in [-0.4, -0.2) is 11.0 Å². The van der Waals surface area contributed by atoms with Crippen molar-refractivity contribution in [3.63, 3.8) is 0 Å². The maximum atomic E-state index is 11.4. The van der Waals surface area contributed by atoms with Gasteiger partial charge < -0.3 is 5.32 Å². The minimum Gasteiger partial charge on any atom is -0.315 e. The predicted octanol–water partition coefficient (Wildman–Crippen LogP) is 2.68. The van der Waals surface area contributed by atoms with Crippen LogP contribution in [0.3, 0.4) is 0 Å². The van der Waals surface area contributed by atoms with E-state index in [1.807, 2.05) is 39.0 Å². The van der Waals surface area contributed by atoms with Gasteiger partial charge in [-0.3, -0.25) is 5.32 Å². The molecule has 0 saturated carbocycles. The monoisotopic (exact) mass is 219 g/mol. The van der Waals surface area contributed by atoms with Gasteiger partial charge in [0, 0.05) is 11.9 Å². The summed E-state index contributed by atoms with van der Waals surface area (Å²) in [6.07, 6.45) is 3.54. The Balaban J connectivity index is 2.46. The Morgan fingerprint density at radius 1 is 1.44 bits per heavy atom. The molecule has 86 valence electrons. The van der Waals surface area contributed by atoms with Crippen LogP contribution in [0, 0.1) is 12.8 Å². The van der Waals surface area contributed by atoms with Gasteiger partial charge in [-0.05, 0) is 25.0 Å². The first-order valence-corrected chi connectivity index (χ1v) is 5.26. The van der Waals surface area contributed by atoms with Crippen molar-refractivity contribution in [2.45, 2.75) is 20.8 Å². The summed E-state index contributed by atoms with van der Waals surface area (Å²) >= 11 is 0. The summed E-state index contributed by atoms with van der Waals surface area (Å²) in [4.78, 5) is 15.6. The van der Waals surface area contributed by atoms with E-state index in [4.69, 9.17) is 0 Å². The van der Waals surface area contributed by atoms with Crippen LogP contribution in [0.1, 0.15) is 19.5 Å². The number of anilines is 1. The summed E-state index contributed by atoms with van der Waals surface area (Å²) in [5, 5.41) is 5.26. The van der Waals surface area contributed by atoms with Crippen molar-refractivity contribution in [3.8, 4) is 0 Å². The quantitative estimate of drug-likeness (QED) is 0.821. The van der Waals surface area contributed by atoms with E-state index in [0.717, 1.165) is 5.69 Å². The number of allylic oxidation sites excluding steroid dienone is 1. The van der Waals surface area contributed by atoms with E-state index in [9.17, 15) is 4.79 Å². The first kappa shape index (κ1) is 12.2. The summed E-state index contributed by atoms with van der Waals surface area (Å²) in [6.45, 7) is 5.96. The zero-order chi connectivity index (χ0) is 12.0. The van der Waals surface area contributed by atoms with Gasteiger partial charge in [0.15, 0.2) is 0 Å². The van der Waals surface area contributed by atoms with Gasteiger partial charge in [0.05, 0.1) is 0 Å². The fourth-order valence-electron chi connectivity index (χ4n) is 1.08. The van der Waals surface area contributed by atoms with Crippen LogP contribution in [0.2, 0.25) is 0 Å². The van der Waals surface area contributed by atoms with E-state index in [2.05, 4.69) is 15.6 Å². The largest absolute Gasteiger partial charge is 0.324 e. The van der Waals surface area contributed by atoms with Crippen LogP contribution >= 0.6 is 0 Å². The van der Waals surface area contributed by atoms with Gasteiger partial charge in [-0.15, -0.1) is 0 Å². The van der Waals surface area contributed by atoms with Gasteiger partial charge in [0.25, 0.3) is 0 Å². The molecule has 16 heavy (non-hydrogen) atoms. The number of hydrogen-bond acceptors (Lipinski definition) is 2. The topological polar surface area (TPSA) is 54.0 Å². The first-order valence-electron chi connectivity index (χ1n) is 5.26. The molecule has 2 N–H and O–H groups in total. The number of urea groups is 1. The number of hydrogen-bond donors (Lipinski definition) is 2. The Hall–Kier alpha value is -1.84. The molecule has 0 spiro atoms. The Kier molecular flexibility index (Phi) is 4.51. The van der Waals surface area contributed by atoms with E-state index >= 15 is 0 Å². The van der Waals surface area contributed by atoms with Gasteiger partial charge in [-0.1, -0.05) is 26.0 Å². The molecule has 2 amide bonds. The van der Waals surface area contributed by atoms with Gasteiger partial charge in [0.1, 0.15) is 5.82 Å². The number of carbonyl (C=O) groups excluding carboxylic acids is 1. The van der Waals surface area contributed by atoms with E-state index in [0.29, 0.717) is 11.7 Å². The first-order chi connectivity index (χ1) is 7.58. The third kappa shape index (κ3) is 4.59. The number of nitrogens with one attached hydrogen (secondary N) is 2. The zero-order valence-electron chi connectivity index (χ0n) is 9.82. The van der Waals surface area contributed by atoms with E-state index in [-0.39, 0.29) is 6.03 Å². The lowest BCUT2D eigenvalue weighted by Crippen LogP contribution is -2.24. The molecule has 0 atom stereocenters. The standard InChI is InChI=1S/C12H17N3O/c1-9(2)7-8-13-12(16)15-11-6-4-5-10(3)14-11/h4-9H,1-3H3,(H2,13,14,15,16)/b8-7+. The number of amides is 2. The van der Waals surface area contributed by atoms with Gasteiger partial charge >= 0.3 is 6.03 Å². The Morgan fingerprint density at radius 3 is 2.81 bits per heavy atom. The summed E-state index contributed by atoms with van der Waals surface area (Å²) in [5.74, 6) is 0.966. The van der Waals surface area contributed by atoms with Gasteiger partial charge in [-0.2, -0.15) is 0 Å². The fraction of sp³-hybridized carbons (Fsp3) is 0.333. The van der Waals surface area contributed by atoms with Crippen LogP contribution in [-0.2, 0) is 0 Å². The van der Waals surface area contributed by atoms with E-state index in [1.54, 1.807) is 12.3 Å². The average molecular weight is 219 g/mol. The molecule has 0 saturated heterocycles. The molecule has 1 aromatic rings. The smallest absolute Gasteiger partial charge is 0.315 e. The van der Waals surface area contributed by atoms with E-state index < -0.39 is 0 Å². The normalized spacial score (nSPS) is 10.8. The van der Waals surface area contributed by atoms with Gasteiger partial charge in [-0.25, -0.2) is 9.78 Å². The third-order valence-corrected chi connectivity index (χ3v) is 1.83. The van der Waals surface area contributed by atoms with Crippen molar-refractivity contribution < 1.29 is 4.79 Å². The summed E-state index contributed by atoms with van der Waals surface area (Å²) in [7, 11) is 0. The molecule has 1 heterocycles. The molecule has 1 rings (SSSR count). The van der Waals surface area contributed by atoms with Crippen molar-refractivity contribution in [2.24, 2.45) is 5.92 Å². The Morgan fingerprint density at radius 2 is 2.19 bits per heavy atom. The molecule has 4 heteroatoms. The number of aryl methyl sites for hydroxylation is 1. The van der Waals surface area contributed by atoms with Crippen molar-refractivity contribution in [1.29, 1.82) is 0 Å². The summed E-state index contributed by atoms with van der Waals surface area (Å²) in [6, 6.07) is 5.19. The minimum absolute atomic E-state index is 0.282. The molecular formula is C12H17N3O. The number of aromatic nitrogens is 1. The van der Waals surface area contributed by atoms with Crippen molar-refractivity contribution in [1.82, 2.24) is 10.3 Å². The highest BCUT2D eigenvalue weighted by atomic mass is 16.2. The second-order valence-electron chi connectivity index (χ2n) is 3.87. The number of carbonyl (C=O) groups is 1. The lowest BCUT2D eigenvalue weighted by Gasteiger charge is -2.04. The molecule has 0 aliphatic rings. The Bertz CT molecular complexity index is 386. The number of pyridine rings is 1. The van der Waals surface area contributed by atoms with Gasteiger partial charge in [0.2, 0.25) is 0 Å². The molecule has 0 aliphatic heterocycles. The van der Waals surface area contributed by atoms with E-state index in [1.165, 1.54) is 0 Å². The Labute approximate surface area is 95.8 Å². The lowest BCUT2D eigenvalue weighted by atomic mass is 10.2. The molecule has 0 unspecified atom stereocenters. The van der Waals surface area contributed by atoms with Crippen LogP contribution in [0.4, 0.5) is 10.6 Å². The molecule has 4 nitrogen and oxygen atoms in total. The second kappa shape index (κ2) is 5.90. The summed E-state index contributed by atoms with van der Waals surface area (Å²) < 4.78 is 0. The molecular weight excluding hydrogens is 202 g/mol. The highest BCUT2D eigenvalue weighted by Gasteiger charge is 1.99. The van der Waals surface area contributed by atoms with Crippen LogP contribution in [0.15, 0.2) is 30.5 Å². The number of nitrogens with zero attached hydrogens (tertiary/aromatic N) is 1. The zero-order valence-corrected chi connectivity index (χ0v) is 9.82. The molecule has 1 aromatic heterocycles. The highest BCUT2D eigenvalue weighted by Crippen LogP contribution is 2.03. The minimum atomic E-state index is -0.282. The van der Waals surface area contributed by atoms with Crippen LogP contribution < -0.4 is 10.6 Å². The fourth-order valence-corrected chi connectivity index (χ4v) is 1.08. The average Bonchev–Trinajstić information content (AvgIpc) is 2.16. The number of rotatable bonds is 3. The maximum Gasteiger partial charge on any atom is 0.324 e. The third-order valence-electron chi connectivity index (χ3n) is 1.83. The van der Waals surface area contributed by atoms with Crippen LogP contribution in [0.5, 0.6) is 0 Å². The van der Waals surface area contributed by atoms with Crippen molar-refractivity contribution >= 4 is 11.8 Å². The van der Waals surface area contributed by atoms with Crippen molar-refractivity contribution in [2.75, 3.05) is 5.32 Å². The molecule has 0 bridgehead atoms. The molecule has 0 radical (unpaired) electrons. The van der Waals surface area contributed by atoms with Crippen molar-refractivity contribution in [3.05, 3.63) is 36.2 Å². The highest BCUT2D eigenvalue weighted by molar-refractivity contribution is 5.88. The maximum absolute atomic E-state index is 11.4. The lowest BCUT2D eigenvalue weighted by molar-refractivity contribution is 0.255.